The number of hydrogen-bond donors (Lipinski definition) is 1. The first-order chi connectivity index (χ1) is 10.1. The molecule has 116 valence electrons. The number of nitrogens with zero attached hydrogens (tertiary/aromatic N) is 1. The number of hydrogen-bond acceptors (Lipinski definition) is 2. The molecule has 1 aromatic rings. The maximum Gasteiger partial charge on any atom is 0.263 e. The van der Waals surface area contributed by atoms with Gasteiger partial charge in [-0.05, 0) is 31.7 Å². The van der Waals surface area contributed by atoms with Crippen molar-refractivity contribution in [3.8, 4) is 0 Å². The molecule has 5 heteroatoms. The Morgan fingerprint density at radius 3 is 2.38 bits per heavy atom. The van der Waals surface area contributed by atoms with Crippen LogP contribution in [0.1, 0.15) is 43.7 Å². The van der Waals surface area contributed by atoms with E-state index in [9.17, 15) is 13.6 Å². The monoisotopic (exact) mass is 296 g/mol. The minimum atomic E-state index is -2.44. The van der Waals surface area contributed by atoms with Gasteiger partial charge in [0.15, 0.2) is 0 Å². The fourth-order valence-corrected chi connectivity index (χ4v) is 2.53. The maximum absolute atomic E-state index is 12.5. The van der Waals surface area contributed by atoms with Crippen LogP contribution in [0.4, 0.5) is 8.78 Å². The third-order valence-electron chi connectivity index (χ3n) is 3.88. The molecule has 0 bridgehead atoms. The van der Waals surface area contributed by atoms with Crippen molar-refractivity contribution in [1.29, 1.82) is 0 Å². The zero-order valence-corrected chi connectivity index (χ0v) is 12.3. The Bertz CT molecular complexity index is 456. The summed E-state index contributed by atoms with van der Waals surface area (Å²) in [5, 5.41) is 3.17. The van der Waals surface area contributed by atoms with Gasteiger partial charge in [-0.15, -0.1) is 0 Å². The lowest BCUT2D eigenvalue weighted by atomic mass is 10.1. The van der Waals surface area contributed by atoms with Gasteiger partial charge in [0.2, 0.25) is 5.91 Å². The van der Waals surface area contributed by atoms with E-state index in [-0.39, 0.29) is 17.5 Å². The number of carbonyl (C=O) groups is 1. The van der Waals surface area contributed by atoms with Crippen LogP contribution in [0.3, 0.4) is 0 Å². The quantitative estimate of drug-likeness (QED) is 0.905. The normalized spacial score (nSPS) is 17.0. The van der Waals surface area contributed by atoms with Gasteiger partial charge in [-0.25, -0.2) is 8.78 Å². The lowest BCUT2D eigenvalue weighted by molar-refractivity contribution is -0.133. The lowest BCUT2D eigenvalue weighted by Gasteiger charge is -2.29. The molecule has 0 aliphatic carbocycles. The molecule has 0 saturated carbocycles. The second-order valence-corrected chi connectivity index (χ2v) is 5.53. The number of amides is 1. The van der Waals surface area contributed by atoms with Gasteiger partial charge in [0, 0.05) is 25.2 Å². The van der Waals surface area contributed by atoms with Crippen LogP contribution in [-0.2, 0) is 11.3 Å². The molecule has 1 N–H and O–H groups in total. The van der Waals surface area contributed by atoms with Crippen molar-refractivity contribution in [2.75, 3.05) is 13.1 Å². The molecule has 0 radical (unpaired) electrons. The predicted octanol–water partition coefficient (Wildman–Crippen LogP) is 3.11. The van der Waals surface area contributed by atoms with E-state index in [1.807, 2.05) is 11.8 Å². The largest absolute Gasteiger partial charge is 0.341 e. The number of rotatable bonds is 5. The molecular weight excluding hydrogens is 274 g/mol. The van der Waals surface area contributed by atoms with E-state index in [1.165, 1.54) is 18.6 Å². The Labute approximate surface area is 124 Å². The first kappa shape index (κ1) is 15.9. The molecule has 2 rings (SSSR count). The van der Waals surface area contributed by atoms with E-state index >= 15 is 0 Å². The van der Waals surface area contributed by atoms with Gasteiger partial charge in [0.1, 0.15) is 0 Å². The number of likely N-dealkylation sites (tertiary alicyclic amines) is 1. The Hall–Kier alpha value is -1.49. The summed E-state index contributed by atoms with van der Waals surface area (Å²) >= 11 is 0. The fraction of sp³-hybridized carbons (Fsp3) is 0.562. The van der Waals surface area contributed by atoms with Crippen LogP contribution in [0, 0.1) is 0 Å². The summed E-state index contributed by atoms with van der Waals surface area (Å²) in [6, 6.07) is 5.95. The van der Waals surface area contributed by atoms with E-state index in [4.69, 9.17) is 0 Å². The Morgan fingerprint density at radius 2 is 1.81 bits per heavy atom. The van der Waals surface area contributed by atoms with Crippen molar-refractivity contribution in [3.63, 3.8) is 0 Å². The van der Waals surface area contributed by atoms with Gasteiger partial charge < -0.3 is 10.2 Å². The third kappa shape index (κ3) is 4.49. The zero-order chi connectivity index (χ0) is 15.2. The topological polar surface area (TPSA) is 32.3 Å². The Kier molecular flexibility index (Phi) is 5.67. The number of alkyl halides is 2. The van der Waals surface area contributed by atoms with E-state index in [0.717, 1.165) is 31.5 Å². The average molecular weight is 296 g/mol. The van der Waals surface area contributed by atoms with Crippen molar-refractivity contribution < 1.29 is 13.6 Å². The first-order valence-electron chi connectivity index (χ1n) is 7.47. The highest BCUT2D eigenvalue weighted by Gasteiger charge is 2.21. The second-order valence-electron chi connectivity index (χ2n) is 5.53. The summed E-state index contributed by atoms with van der Waals surface area (Å²) in [6.45, 7) is 4.04. The number of carbonyl (C=O) groups excluding carboxylic acids is 1. The van der Waals surface area contributed by atoms with Gasteiger partial charge in [-0.3, -0.25) is 4.79 Å². The van der Waals surface area contributed by atoms with Gasteiger partial charge in [0.25, 0.3) is 6.43 Å². The van der Waals surface area contributed by atoms with Gasteiger partial charge >= 0.3 is 0 Å². The molecule has 1 atom stereocenters. The maximum atomic E-state index is 12.5. The Balaban J connectivity index is 1.82. The molecule has 0 spiro atoms. The van der Waals surface area contributed by atoms with Crippen molar-refractivity contribution in [2.45, 2.75) is 45.2 Å². The van der Waals surface area contributed by atoms with Gasteiger partial charge in [0.05, 0.1) is 6.04 Å². The van der Waals surface area contributed by atoms with Crippen LogP contribution in [0.2, 0.25) is 0 Å². The molecule has 1 fully saturated rings. The van der Waals surface area contributed by atoms with Crippen LogP contribution >= 0.6 is 0 Å². The fourth-order valence-electron chi connectivity index (χ4n) is 2.53. The summed E-state index contributed by atoms with van der Waals surface area (Å²) < 4.78 is 24.9. The molecule has 1 unspecified atom stereocenters. The van der Waals surface area contributed by atoms with Crippen LogP contribution in [0.15, 0.2) is 24.3 Å². The highest BCUT2D eigenvalue weighted by Crippen LogP contribution is 2.18. The Morgan fingerprint density at radius 1 is 1.19 bits per heavy atom. The predicted molar refractivity (Wildman–Crippen MR) is 78.1 cm³/mol. The van der Waals surface area contributed by atoms with Crippen molar-refractivity contribution in [2.24, 2.45) is 0 Å². The van der Waals surface area contributed by atoms with Crippen molar-refractivity contribution in [1.82, 2.24) is 10.2 Å². The average Bonchev–Trinajstić information content (AvgIpc) is 2.53. The number of benzene rings is 1. The number of halogens is 2. The van der Waals surface area contributed by atoms with Crippen molar-refractivity contribution >= 4 is 5.91 Å². The minimum Gasteiger partial charge on any atom is -0.341 e. The SMILES string of the molecule is CC(NCc1ccc(C(F)F)cc1)C(=O)N1CCCCC1. The van der Waals surface area contributed by atoms with Crippen LogP contribution in [0.5, 0.6) is 0 Å². The van der Waals surface area contributed by atoms with Crippen LogP contribution < -0.4 is 5.32 Å². The van der Waals surface area contributed by atoms with E-state index in [1.54, 1.807) is 12.1 Å². The zero-order valence-electron chi connectivity index (χ0n) is 12.3. The summed E-state index contributed by atoms with van der Waals surface area (Å²) in [7, 11) is 0. The summed E-state index contributed by atoms with van der Waals surface area (Å²) in [6.07, 6.45) is 0.912. The summed E-state index contributed by atoms with van der Waals surface area (Å²) in [5.41, 5.74) is 0.925. The molecule has 1 aliphatic heterocycles. The molecule has 1 aromatic carbocycles. The molecular formula is C16H22F2N2O. The highest BCUT2D eigenvalue weighted by molar-refractivity contribution is 5.81. The third-order valence-corrected chi connectivity index (χ3v) is 3.88. The number of nitrogens with one attached hydrogen (secondary N) is 1. The molecule has 21 heavy (non-hydrogen) atoms. The summed E-state index contributed by atoms with van der Waals surface area (Å²) in [4.78, 5) is 14.1. The lowest BCUT2D eigenvalue weighted by Crippen LogP contribution is -2.46. The van der Waals surface area contributed by atoms with Crippen LogP contribution in [-0.4, -0.2) is 29.9 Å². The first-order valence-corrected chi connectivity index (χ1v) is 7.47. The van der Waals surface area contributed by atoms with E-state index in [2.05, 4.69) is 5.32 Å². The molecule has 1 heterocycles. The smallest absolute Gasteiger partial charge is 0.263 e. The molecule has 3 nitrogen and oxygen atoms in total. The minimum absolute atomic E-state index is 0.0243. The van der Waals surface area contributed by atoms with Crippen LogP contribution in [0.25, 0.3) is 0 Å². The van der Waals surface area contributed by atoms with Gasteiger partial charge in [-0.2, -0.15) is 0 Å². The second kappa shape index (κ2) is 7.50. The van der Waals surface area contributed by atoms with Crippen molar-refractivity contribution in [3.05, 3.63) is 35.4 Å². The molecule has 1 saturated heterocycles. The number of piperidine rings is 1. The standard InChI is InChI=1S/C16H22F2N2O/c1-12(16(21)20-9-3-2-4-10-20)19-11-13-5-7-14(8-6-13)15(17)18/h5-8,12,15,19H,2-4,9-11H2,1H3. The van der Waals surface area contributed by atoms with Gasteiger partial charge in [-0.1, -0.05) is 24.3 Å². The highest BCUT2D eigenvalue weighted by atomic mass is 19.3. The molecule has 1 aliphatic rings. The molecule has 1 amide bonds. The van der Waals surface area contributed by atoms with E-state index < -0.39 is 6.43 Å². The van der Waals surface area contributed by atoms with E-state index in [0.29, 0.717) is 6.54 Å². The molecule has 0 aromatic heterocycles. The summed E-state index contributed by atoms with van der Waals surface area (Å²) in [5.74, 6) is 0.124.